The predicted molar refractivity (Wildman–Crippen MR) is 142 cm³/mol. The van der Waals surface area contributed by atoms with Crippen LogP contribution in [0.3, 0.4) is 0 Å². The van der Waals surface area contributed by atoms with Gasteiger partial charge in [0.25, 0.3) is 0 Å². The number of hydrogen-bond acceptors (Lipinski definition) is 4. The second-order valence-corrected chi connectivity index (χ2v) is 8.02. The van der Waals surface area contributed by atoms with Crippen LogP contribution in [0.4, 0.5) is 0 Å². The second kappa shape index (κ2) is 14.3. The molecular weight excluding hydrogens is 515 g/mol. The minimum Gasteiger partial charge on any atom is -0.497 e. The van der Waals surface area contributed by atoms with E-state index in [9.17, 15) is 5.11 Å². The Morgan fingerprint density at radius 1 is 1.00 bits per heavy atom. The highest BCUT2D eigenvalue weighted by Gasteiger charge is 2.11. The molecule has 7 heteroatoms. The lowest BCUT2D eigenvalue weighted by Crippen LogP contribution is -2.39. The van der Waals surface area contributed by atoms with Crippen molar-refractivity contribution in [2.75, 3.05) is 33.3 Å². The summed E-state index contributed by atoms with van der Waals surface area (Å²) in [4.78, 5) is 7.21. The number of ether oxygens (including phenoxy) is 1. The van der Waals surface area contributed by atoms with Gasteiger partial charge in [0.05, 0.1) is 19.8 Å². The van der Waals surface area contributed by atoms with Gasteiger partial charge in [0.15, 0.2) is 5.96 Å². The van der Waals surface area contributed by atoms with Gasteiger partial charge in [-0.2, -0.15) is 0 Å². The summed E-state index contributed by atoms with van der Waals surface area (Å²) in [6.45, 7) is 7.24. The number of aliphatic hydroxyl groups excluding tert-OH is 1. The Labute approximate surface area is 209 Å². The largest absolute Gasteiger partial charge is 0.497 e. The van der Waals surface area contributed by atoms with Crippen LogP contribution in [-0.2, 0) is 13.1 Å². The van der Waals surface area contributed by atoms with Gasteiger partial charge in [-0.1, -0.05) is 42.8 Å². The third-order valence-electron chi connectivity index (χ3n) is 5.61. The summed E-state index contributed by atoms with van der Waals surface area (Å²) in [6.07, 6.45) is 3.39. The standard InChI is InChI=1S/C25H36N4O2.HI/c1-3-26-25(28-18-24(30)22-11-13-23(31-2)14-12-22)27-17-20-7-9-21(10-8-20)19-29-15-5-4-6-16-29;/h7-14,24,30H,3-6,15-19H2,1-2H3,(H2,26,27,28);1H. The molecule has 1 fully saturated rings. The third-order valence-corrected chi connectivity index (χ3v) is 5.61. The average Bonchev–Trinajstić information content (AvgIpc) is 2.82. The van der Waals surface area contributed by atoms with Crippen molar-refractivity contribution in [2.45, 2.75) is 45.4 Å². The van der Waals surface area contributed by atoms with Gasteiger partial charge in [0, 0.05) is 19.6 Å². The van der Waals surface area contributed by atoms with E-state index in [0.717, 1.165) is 24.4 Å². The lowest BCUT2D eigenvalue weighted by Gasteiger charge is -2.26. The zero-order valence-corrected chi connectivity index (χ0v) is 21.5. The third kappa shape index (κ3) is 8.60. The highest BCUT2D eigenvalue weighted by Crippen LogP contribution is 2.17. The quantitative estimate of drug-likeness (QED) is 0.249. The SMILES string of the molecule is CCNC(=NCc1ccc(CN2CCCCC2)cc1)NCC(O)c1ccc(OC)cc1.I. The molecule has 0 radical (unpaired) electrons. The molecule has 1 unspecified atom stereocenters. The number of rotatable bonds is 9. The van der Waals surface area contributed by atoms with Gasteiger partial charge < -0.3 is 20.5 Å². The highest BCUT2D eigenvalue weighted by atomic mass is 127. The number of hydrogen-bond donors (Lipinski definition) is 3. The molecule has 0 amide bonds. The van der Waals surface area contributed by atoms with E-state index in [1.807, 2.05) is 31.2 Å². The van der Waals surface area contributed by atoms with Crippen LogP contribution in [0.25, 0.3) is 0 Å². The summed E-state index contributed by atoms with van der Waals surface area (Å²) < 4.78 is 5.17. The van der Waals surface area contributed by atoms with Crippen LogP contribution in [0.15, 0.2) is 53.5 Å². The first-order valence-corrected chi connectivity index (χ1v) is 11.3. The monoisotopic (exact) mass is 552 g/mol. The van der Waals surface area contributed by atoms with E-state index in [4.69, 9.17) is 4.74 Å². The van der Waals surface area contributed by atoms with Gasteiger partial charge in [0.1, 0.15) is 5.75 Å². The van der Waals surface area contributed by atoms with Crippen LogP contribution in [-0.4, -0.2) is 49.3 Å². The summed E-state index contributed by atoms with van der Waals surface area (Å²) in [5, 5.41) is 16.9. The zero-order chi connectivity index (χ0) is 21.9. The number of likely N-dealkylation sites (tertiary alicyclic amines) is 1. The summed E-state index contributed by atoms with van der Waals surface area (Å²) in [5.74, 6) is 1.48. The van der Waals surface area contributed by atoms with Crippen LogP contribution in [0.5, 0.6) is 5.75 Å². The summed E-state index contributed by atoms with van der Waals surface area (Å²) in [7, 11) is 1.63. The Balaban J connectivity index is 0.00000363. The van der Waals surface area contributed by atoms with Gasteiger partial charge in [0.2, 0.25) is 0 Å². The Bertz CT molecular complexity index is 806. The van der Waals surface area contributed by atoms with E-state index in [2.05, 4.69) is 44.8 Å². The van der Waals surface area contributed by atoms with Crippen molar-refractivity contribution in [3.63, 3.8) is 0 Å². The van der Waals surface area contributed by atoms with E-state index >= 15 is 0 Å². The van der Waals surface area contributed by atoms with E-state index in [1.165, 1.54) is 43.5 Å². The van der Waals surface area contributed by atoms with Gasteiger partial charge >= 0.3 is 0 Å². The lowest BCUT2D eigenvalue weighted by atomic mass is 10.1. The number of piperidine rings is 1. The zero-order valence-electron chi connectivity index (χ0n) is 19.2. The summed E-state index contributed by atoms with van der Waals surface area (Å²) in [6, 6.07) is 16.2. The number of nitrogens with one attached hydrogen (secondary N) is 2. The molecule has 0 spiro atoms. The first-order valence-electron chi connectivity index (χ1n) is 11.3. The van der Waals surface area contributed by atoms with Crippen molar-refractivity contribution < 1.29 is 9.84 Å². The second-order valence-electron chi connectivity index (χ2n) is 8.02. The Hall–Kier alpha value is -1.84. The fourth-order valence-corrected chi connectivity index (χ4v) is 3.78. The molecular formula is C25H37IN4O2. The first-order chi connectivity index (χ1) is 15.2. The minimum absolute atomic E-state index is 0. The molecule has 0 aromatic heterocycles. The van der Waals surface area contributed by atoms with Crippen molar-refractivity contribution in [3.05, 3.63) is 65.2 Å². The molecule has 1 atom stereocenters. The minimum atomic E-state index is -0.621. The molecule has 0 bridgehead atoms. The molecule has 1 heterocycles. The number of aliphatic imine (C=N–C) groups is 1. The highest BCUT2D eigenvalue weighted by molar-refractivity contribution is 14.0. The molecule has 6 nitrogen and oxygen atoms in total. The van der Waals surface area contributed by atoms with Crippen LogP contribution in [0, 0.1) is 0 Å². The maximum atomic E-state index is 10.5. The Morgan fingerprint density at radius 3 is 2.28 bits per heavy atom. The van der Waals surface area contributed by atoms with E-state index in [1.54, 1.807) is 7.11 Å². The van der Waals surface area contributed by atoms with Crippen LogP contribution >= 0.6 is 24.0 Å². The fourth-order valence-electron chi connectivity index (χ4n) is 3.78. The van der Waals surface area contributed by atoms with Crippen molar-refractivity contribution in [1.82, 2.24) is 15.5 Å². The smallest absolute Gasteiger partial charge is 0.191 e. The van der Waals surface area contributed by atoms with E-state index < -0.39 is 6.10 Å². The maximum Gasteiger partial charge on any atom is 0.191 e. The molecule has 3 rings (SSSR count). The molecule has 2 aromatic carbocycles. The number of guanidine groups is 1. The van der Waals surface area contributed by atoms with Gasteiger partial charge in [-0.25, -0.2) is 4.99 Å². The molecule has 2 aromatic rings. The first kappa shape index (κ1) is 26.4. The predicted octanol–water partition coefficient (Wildman–Crippen LogP) is 4.09. The Kier molecular flexibility index (Phi) is 11.8. The number of halogens is 1. The van der Waals surface area contributed by atoms with Gasteiger partial charge in [-0.05, 0) is 61.7 Å². The molecule has 1 saturated heterocycles. The van der Waals surface area contributed by atoms with Gasteiger partial charge in [-0.15, -0.1) is 24.0 Å². The molecule has 0 aliphatic carbocycles. The fraction of sp³-hybridized carbons (Fsp3) is 0.480. The number of benzene rings is 2. The molecule has 3 N–H and O–H groups in total. The molecule has 1 aliphatic rings. The molecule has 1 aliphatic heterocycles. The average molecular weight is 553 g/mol. The Morgan fingerprint density at radius 2 is 1.66 bits per heavy atom. The van der Waals surface area contributed by atoms with Crippen molar-refractivity contribution >= 4 is 29.9 Å². The molecule has 176 valence electrons. The molecule has 32 heavy (non-hydrogen) atoms. The van der Waals surface area contributed by atoms with Crippen LogP contribution in [0.2, 0.25) is 0 Å². The van der Waals surface area contributed by atoms with E-state index in [0.29, 0.717) is 19.0 Å². The lowest BCUT2D eigenvalue weighted by molar-refractivity contribution is 0.180. The number of aliphatic hydroxyl groups is 1. The number of nitrogens with zero attached hydrogens (tertiary/aromatic N) is 2. The van der Waals surface area contributed by atoms with Crippen molar-refractivity contribution in [3.8, 4) is 5.75 Å². The van der Waals surface area contributed by atoms with E-state index in [-0.39, 0.29) is 24.0 Å². The molecule has 0 saturated carbocycles. The normalized spacial score (nSPS) is 15.5. The van der Waals surface area contributed by atoms with Gasteiger partial charge in [-0.3, -0.25) is 4.90 Å². The maximum absolute atomic E-state index is 10.5. The van der Waals surface area contributed by atoms with Crippen LogP contribution < -0.4 is 15.4 Å². The topological polar surface area (TPSA) is 69.1 Å². The number of methoxy groups -OCH3 is 1. The van der Waals surface area contributed by atoms with Crippen LogP contribution in [0.1, 0.15) is 49.0 Å². The summed E-state index contributed by atoms with van der Waals surface area (Å²) >= 11 is 0. The van der Waals surface area contributed by atoms with Crippen molar-refractivity contribution in [1.29, 1.82) is 0 Å². The van der Waals surface area contributed by atoms with Crippen molar-refractivity contribution in [2.24, 2.45) is 4.99 Å². The summed E-state index contributed by atoms with van der Waals surface area (Å²) in [5.41, 5.74) is 3.38.